The summed E-state index contributed by atoms with van der Waals surface area (Å²) in [5.74, 6) is -4.30. The smallest absolute Gasteiger partial charge is 0.241 e. The molecule has 3 N–H and O–H groups in total. The second-order valence-corrected chi connectivity index (χ2v) is 4.00. The Morgan fingerprint density at radius 2 is 1.71 bits per heavy atom. The highest BCUT2D eigenvalue weighted by atomic mass is 19.1. The third-order valence-corrected chi connectivity index (χ3v) is 2.28. The van der Waals surface area contributed by atoms with Gasteiger partial charge in [-0.25, -0.2) is 13.2 Å². The number of anilines is 1. The number of carbonyl (C=O) groups is 1. The summed E-state index contributed by atoms with van der Waals surface area (Å²) < 4.78 is 39.0. The van der Waals surface area contributed by atoms with Crippen LogP contribution >= 0.6 is 0 Å². The van der Waals surface area contributed by atoms with E-state index in [1.807, 2.05) is 5.32 Å². The molecule has 3 nitrogen and oxygen atoms in total. The molecule has 0 bridgehead atoms. The fraction of sp³-hybridized carbons (Fsp3) is 0.364. The number of amides is 1. The molecule has 94 valence electrons. The fourth-order valence-electron chi connectivity index (χ4n) is 1.17. The highest BCUT2D eigenvalue weighted by Crippen LogP contribution is 2.20. The zero-order valence-corrected chi connectivity index (χ0v) is 9.43. The van der Waals surface area contributed by atoms with E-state index < -0.39 is 35.1 Å². The average molecular weight is 246 g/mol. The lowest BCUT2D eigenvalue weighted by atomic mass is 10.0. The van der Waals surface area contributed by atoms with Crippen molar-refractivity contribution in [3.8, 4) is 0 Å². The Bertz CT molecular complexity index is 412. The molecule has 0 aliphatic heterocycles. The summed E-state index contributed by atoms with van der Waals surface area (Å²) >= 11 is 0. The van der Waals surface area contributed by atoms with Gasteiger partial charge < -0.3 is 11.1 Å². The Kier molecular flexibility index (Phi) is 4.11. The highest BCUT2D eigenvalue weighted by Gasteiger charge is 2.20. The quantitative estimate of drug-likeness (QED) is 0.857. The van der Waals surface area contributed by atoms with Gasteiger partial charge in [-0.15, -0.1) is 0 Å². The second kappa shape index (κ2) is 5.18. The molecule has 1 amide bonds. The van der Waals surface area contributed by atoms with Crippen LogP contribution in [0.5, 0.6) is 0 Å². The first-order valence-corrected chi connectivity index (χ1v) is 5.04. The number of rotatable bonds is 3. The van der Waals surface area contributed by atoms with Crippen LogP contribution in [0.1, 0.15) is 13.8 Å². The average Bonchev–Trinajstić information content (AvgIpc) is 2.21. The van der Waals surface area contributed by atoms with Gasteiger partial charge in [0.1, 0.15) is 11.5 Å². The number of halogens is 3. The number of carbonyl (C=O) groups excluding carboxylic acids is 1. The van der Waals surface area contributed by atoms with E-state index in [1.165, 1.54) is 0 Å². The Morgan fingerprint density at radius 3 is 2.12 bits per heavy atom. The van der Waals surface area contributed by atoms with E-state index in [2.05, 4.69) is 0 Å². The van der Waals surface area contributed by atoms with Gasteiger partial charge in [0, 0.05) is 12.1 Å². The largest absolute Gasteiger partial charge is 0.320 e. The molecular formula is C11H13F3N2O. The maximum Gasteiger partial charge on any atom is 0.241 e. The Labute approximate surface area is 96.8 Å². The summed E-state index contributed by atoms with van der Waals surface area (Å²) in [4.78, 5) is 11.5. The molecule has 0 radical (unpaired) electrons. The summed E-state index contributed by atoms with van der Waals surface area (Å²) in [6.45, 7) is 3.39. The molecule has 1 aromatic rings. The highest BCUT2D eigenvalue weighted by molar-refractivity contribution is 5.95. The maximum absolute atomic E-state index is 13.2. The van der Waals surface area contributed by atoms with E-state index in [0.717, 1.165) is 0 Å². The van der Waals surface area contributed by atoms with E-state index in [1.54, 1.807) is 13.8 Å². The molecular weight excluding hydrogens is 233 g/mol. The van der Waals surface area contributed by atoms with Crippen molar-refractivity contribution in [1.82, 2.24) is 0 Å². The van der Waals surface area contributed by atoms with Crippen LogP contribution in [-0.4, -0.2) is 11.9 Å². The molecule has 0 aromatic heterocycles. The lowest BCUT2D eigenvalue weighted by Gasteiger charge is -2.16. The molecule has 0 saturated heterocycles. The van der Waals surface area contributed by atoms with Gasteiger partial charge in [0.25, 0.3) is 0 Å². The lowest BCUT2D eigenvalue weighted by molar-refractivity contribution is -0.118. The Balaban J connectivity index is 2.93. The lowest BCUT2D eigenvalue weighted by Crippen LogP contribution is -2.40. The Morgan fingerprint density at radius 1 is 1.24 bits per heavy atom. The number of nitrogens with two attached hydrogens (primary N) is 1. The minimum atomic E-state index is -1.17. The van der Waals surface area contributed by atoms with Crippen molar-refractivity contribution < 1.29 is 18.0 Å². The van der Waals surface area contributed by atoms with E-state index >= 15 is 0 Å². The van der Waals surface area contributed by atoms with Gasteiger partial charge in [-0.1, -0.05) is 13.8 Å². The summed E-state index contributed by atoms with van der Waals surface area (Å²) in [6.07, 6.45) is 0. The number of nitrogens with one attached hydrogen (secondary N) is 1. The third-order valence-electron chi connectivity index (χ3n) is 2.28. The predicted molar refractivity (Wildman–Crippen MR) is 57.8 cm³/mol. The zero-order chi connectivity index (χ0) is 13.2. The molecule has 0 saturated carbocycles. The van der Waals surface area contributed by atoms with Crippen molar-refractivity contribution in [3.63, 3.8) is 0 Å². The van der Waals surface area contributed by atoms with Crippen LogP contribution in [0.2, 0.25) is 0 Å². The first-order valence-electron chi connectivity index (χ1n) is 5.04. The minimum Gasteiger partial charge on any atom is -0.320 e. The molecule has 0 heterocycles. The van der Waals surface area contributed by atoms with E-state index in [-0.39, 0.29) is 5.92 Å². The number of hydrogen-bond acceptors (Lipinski definition) is 2. The van der Waals surface area contributed by atoms with Gasteiger partial charge in [-0.2, -0.15) is 0 Å². The van der Waals surface area contributed by atoms with Crippen molar-refractivity contribution in [2.24, 2.45) is 11.7 Å². The molecule has 0 aliphatic rings. The summed E-state index contributed by atoms with van der Waals surface area (Å²) in [5.41, 5.74) is 4.82. The summed E-state index contributed by atoms with van der Waals surface area (Å²) in [5, 5.41) is 2.01. The third kappa shape index (κ3) is 3.20. The van der Waals surface area contributed by atoms with Crippen molar-refractivity contribution in [2.75, 3.05) is 5.32 Å². The topological polar surface area (TPSA) is 55.1 Å². The van der Waals surface area contributed by atoms with E-state index in [4.69, 9.17) is 5.73 Å². The number of hydrogen-bond donors (Lipinski definition) is 2. The molecule has 0 unspecified atom stereocenters. The molecule has 0 spiro atoms. The molecule has 1 rings (SSSR count). The predicted octanol–water partition coefficient (Wildman–Crippen LogP) is 2.03. The first-order chi connectivity index (χ1) is 7.82. The van der Waals surface area contributed by atoms with E-state index in [0.29, 0.717) is 12.1 Å². The van der Waals surface area contributed by atoms with Crippen LogP contribution in [0.15, 0.2) is 12.1 Å². The van der Waals surface area contributed by atoms with Crippen LogP contribution in [-0.2, 0) is 4.79 Å². The number of benzene rings is 1. The van der Waals surface area contributed by atoms with Gasteiger partial charge >= 0.3 is 0 Å². The normalized spacial score (nSPS) is 12.6. The summed E-state index contributed by atoms with van der Waals surface area (Å²) in [6, 6.07) is 0.0815. The molecule has 1 aromatic carbocycles. The van der Waals surface area contributed by atoms with Crippen LogP contribution in [0.25, 0.3) is 0 Å². The Hall–Kier alpha value is -1.56. The van der Waals surface area contributed by atoms with Crippen LogP contribution in [0.3, 0.4) is 0 Å². The van der Waals surface area contributed by atoms with Crippen LogP contribution in [0.4, 0.5) is 18.9 Å². The van der Waals surface area contributed by atoms with Crippen molar-refractivity contribution in [1.29, 1.82) is 0 Å². The molecule has 0 fully saturated rings. The van der Waals surface area contributed by atoms with Crippen molar-refractivity contribution >= 4 is 11.6 Å². The van der Waals surface area contributed by atoms with Gasteiger partial charge in [0.15, 0.2) is 11.6 Å². The maximum atomic E-state index is 13.2. The minimum absolute atomic E-state index is 0.179. The van der Waals surface area contributed by atoms with Crippen molar-refractivity contribution in [3.05, 3.63) is 29.6 Å². The van der Waals surface area contributed by atoms with Crippen molar-refractivity contribution in [2.45, 2.75) is 19.9 Å². The monoisotopic (exact) mass is 246 g/mol. The molecule has 1 atom stereocenters. The second-order valence-electron chi connectivity index (χ2n) is 4.00. The van der Waals surface area contributed by atoms with Crippen LogP contribution in [0, 0.1) is 23.4 Å². The van der Waals surface area contributed by atoms with Gasteiger partial charge in [-0.3, -0.25) is 4.79 Å². The SMILES string of the molecule is CC(C)[C@@H](N)C(=O)Nc1c(F)cc(F)cc1F. The van der Waals surface area contributed by atoms with Gasteiger partial charge in [-0.05, 0) is 5.92 Å². The van der Waals surface area contributed by atoms with Gasteiger partial charge in [0.05, 0.1) is 6.04 Å². The fourth-order valence-corrected chi connectivity index (χ4v) is 1.17. The van der Waals surface area contributed by atoms with Crippen LogP contribution < -0.4 is 11.1 Å². The molecule has 0 aliphatic carbocycles. The standard InChI is InChI=1S/C11H13F3N2O/c1-5(2)9(15)11(17)16-10-7(13)3-6(12)4-8(10)14/h3-5,9H,15H2,1-2H3,(H,16,17)/t9-/m1/s1. The zero-order valence-electron chi connectivity index (χ0n) is 9.43. The molecule has 6 heteroatoms. The summed E-state index contributed by atoms with van der Waals surface area (Å²) in [7, 11) is 0. The van der Waals surface area contributed by atoms with Gasteiger partial charge in [0.2, 0.25) is 5.91 Å². The van der Waals surface area contributed by atoms with E-state index in [9.17, 15) is 18.0 Å². The first kappa shape index (κ1) is 13.5. The molecule has 17 heavy (non-hydrogen) atoms.